The first-order chi connectivity index (χ1) is 19.4. The van der Waals surface area contributed by atoms with Gasteiger partial charge in [-0.2, -0.15) is 0 Å². The van der Waals surface area contributed by atoms with Gasteiger partial charge in [-0.1, -0.05) is 100 Å². The Morgan fingerprint density at radius 3 is 1.23 bits per heavy atom. The summed E-state index contributed by atoms with van der Waals surface area (Å²) in [4.78, 5) is 0. The van der Waals surface area contributed by atoms with Crippen LogP contribution in [0.1, 0.15) is 109 Å². The van der Waals surface area contributed by atoms with E-state index in [1.165, 1.54) is 83.0 Å². The van der Waals surface area contributed by atoms with Crippen molar-refractivity contribution < 1.29 is 0 Å². The third-order valence-corrected chi connectivity index (χ3v) is 8.50. The Morgan fingerprint density at radius 1 is 0.525 bits per heavy atom. The molecule has 0 aromatic heterocycles. The van der Waals surface area contributed by atoms with Gasteiger partial charge in [-0.25, -0.2) is 0 Å². The number of hydrogen-bond acceptors (Lipinski definition) is 2. The van der Waals surface area contributed by atoms with Crippen LogP contribution in [0.25, 0.3) is 0 Å². The van der Waals surface area contributed by atoms with Gasteiger partial charge in [-0.05, 0) is 108 Å². The molecular formula is C38H48N2. The van der Waals surface area contributed by atoms with Gasteiger partial charge in [0.25, 0.3) is 0 Å². The zero-order valence-electron chi connectivity index (χ0n) is 25.0. The summed E-state index contributed by atoms with van der Waals surface area (Å²) in [6.45, 7) is 8.92. The lowest BCUT2D eigenvalue weighted by molar-refractivity contribution is 0.647. The third-order valence-electron chi connectivity index (χ3n) is 8.50. The predicted octanol–water partition coefficient (Wildman–Crippen LogP) is 9.90. The Bertz CT molecular complexity index is 1240. The molecule has 2 unspecified atom stereocenters. The number of rotatable bonds is 13. The van der Waals surface area contributed by atoms with Gasteiger partial charge >= 0.3 is 0 Å². The molecule has 0 aliphatic heterocycles. The standard InChI is InChI=1S/C38H48N2/c1-5-7-9-37(35-23-21-33(39)25-27(35)3)31-17-13-29(14-18-31)11-12-30-15-19-32(20-16-30)38(10-8-6-2)36-24-22-34(40)26-28(36)4/h13-26,37-38H,5-12,39-40H2,1-4H3. The number of hydrogen-bond donors (Lipinski definition) is 2. The average molecular weight is 533 g/mol. The normalized spacial score (nSPS) is 12.8. The van der Waals surface area contributed by atoms with E-state index in [4.69, 9.17) is 11.5 Å². The monoisotopic (exact) mass is 532 g/mol. The predicted molar refractivity (Wildman–Crippen MR) is 174 cm³/mol. The first-order valence-electron chi connectivity index (χ1n) is 15.3. The Balaban J connectivity index is 1.44. The molecule has 2 atom stereocenters. The van der Waals surface area contributed by atoms with Gasteiger partial charge in [-0.15, -0.1) is 0 Å². The van der Waals surface area contributed by atoms with Crippen molar-refractivity contribution in [2.24, 2.45) is 0 Å². The molecule has 2 heteroatoms. The molecule has 0 amide bonds. The van der Waals surface area contributed by atoms with Crippen molar-refractivity contribution in [2.75, 3.05) is 11.5 Å². The van der Waals surface area contributed by atoms with Gasteiger partial charge in [0.1, 0.15) is 0 Å². The summed E-state index contributed by atoms with van der Waals surface area (Å²) in [5.41, 5.74) is 24.8. The second-order valence-electron chi connectivity index (χ2n) is 11.6. The number of nitrogen functional groups attached to an aromatic ring is 2. The highest BCUT2D eigenvalue weighted by molar-refractivity contribution is 5.49. The molecule has 0 saturated carbocycles. The smallest absolute Gasteiger partial charge is 0.0316 e. The van der Waals surface area contributed by atoms with Crippen LogP contribution < -0.4 is 11.5 Å². The molecule has 4 aromatic carbocycles. The van der Waals surface area contributed by atoms with E-state index >= 15 is 0 Å². The highest BCUT2D eigenvalue weighted by Gasteiger charge is 2.17. The molecular weight excluding hydrogens is 484 g/mol. The summed E-state index contributed by atoms with van der Waals surface area (Å²) in [5.74, 6) is 0.847. The Morgan fingerprint density at radius 2 is 0.900 bits per heavy atom. The molecule has 4 N–H and O–H groups in total. The first-order valence-corrected chi connectivity index (χ1v) is 15.3. The molecule has 0 radical (unpaired) electrons. The zero-order valence-corrected chi connectivity index (χ0v) is 25.0. The molecule has 4 rings (SSSR count). The number of aryl methyl sites for hydroxylation is 4. The summed E-state index contributed by atoms with van der Waals surface area (Å²) in [6.07, 6.45) is 9.31. The molecule has 210 valence electrons. The lowest BCUT2D eigenvalue weighted by Gasteiger charge is -2.21. The van der Waals surface area contributed by atoms with Crippen LogP contribution in [0.2, 0.25) is 0 Å². The van der Waals surface area contributed by atoms with Crippen LogP contribution in [-0.4, -0.2) is 0 Å². The average Bonchev–Trinajstić information content (AvgIpc) is 2.95. The quantitative estimate of drug-likeness (QED) is 0.168. The summed E-state index contributed by atoms with van der Waals surface area (Å²) in [5, 5.41) is 0. The highest BCUT2D eigenvalue weighted by atomic mass is 14.5. The highest BCUT2D eigenvalue weighted by Crippen LogP contribution is 2.34. The van der Waals surface area contributed by atoms with E-state index in [1.54, 1.807) is 0 Å². The number of unbranched alkanes of at least 4 members (excludes halogenated alkanes) is 2. The van der Waals surface area contributed by atoms with Gasteiger partial charge in [-0.3, -0.25) is 0 Å². The maximum atomic E-state index is 6.04. The van der Waals surface area contributed by atoms with E-state index in [1.807, 2.05) is 12.1 Å². The van der Waals surface area contributed by atoms with Gasteiger partial charge in [0.2, 0.25) is 0 Å². The van der Waals surface area contributed by atoms with Crippen molar-refractivity contribution in [3.63, 3.8) is 0 Å². The van der Waals surface area contributed by atoms with Crippen LogP contribution in [0.5, 0.6) is 0 Å². The van der Waals surface area contributed by atoms with E-state index in [0.717, 1.165) is 24.2 Å². The molecule has 0 spiro atoms. The number of benzene rings is 4. The fourth-order valence-corrected chi connectivity index (χ4v) is 6.12. The fourth-order valence-electron chi connectivity index (χ4n) is 6.12. The lowest BCUT2D eigenvalue weighted by Crippen LogP contribution is -2.05. The molecule has 0 aliphatic rings. The van der Waals surface area contributed by atoms with Crippen molar-refractivity contribution in [1.82, 2.24) is 0 Å². The topological polar surface area (TPSA) is 52.0 Å². The van der Waals surface area contributed by atoms with Crippen LogP contribution in [0.4, 0.5) is 11.4 Å². The molecule has 0 heterocycles. The molecule has 40 heavy (non-hydrogen) atoms. The van der Waals surface area contributed by atoms with Crippen LogP contribution in [0, 0.1) is 13.8 Å². The maximum absolute atomic E-state index is 6.04. The largest absolute Gasteiger partial charge is 0.399 e. The molecule has 0 aliphatic carbocycles. The van der Waals surface area contributed by atoms with E-state index in [9.17, 15) is 0 Å². The second kappa shape index (κ2) is 14.2. The minimum atomic E-state index is 0.424. The second-order valence-corrected chi connectivity index (χ2v) is 11.6. The van der Waals surface area contributed by atoms with Gasteiger partial charge < -0.3 is 11.5 Å². The number of nitrogens with two attached hydrogens (primary N) is 2. The fraction of sp³-hybridized carbons (Fsp3) is 0.368. The van der Waals surface area contributed by atoms with Gasteiger partial charge in [0.05, 0.1) is 0 Å². The first kappa shape index (κ1) is 29.5. The van der Waals surface area contributed by atoms with E-state index < -0.39 is 0 Å². The Kier molecular flexibility index (Phi) is 10.5. The van der Waals surface area contributed by atoms with Gasteiger partial charge in [0, 0.05) is 23.2 Å². The van der Waals surface area contributed by atoms with E-state index in [2.05, 4.69) is 100 Å². The van der Waals surface area contributed by atoms with Crippen LogP contribution >= 0.6 is 0 Å². The van der Waals surface area contributed by atoms with Crippen LogP contribution in [-0.2, 0) is 12.8 Å². The molecule has 2 nitrogen and oxygen atoms in total. The van der Waals surface area contributed by atoms with Crippen molar-refractivity contribution in [3.8, 4) is 0 Å². The van der Waals surface area contributed by atoms with Crippen molar-refractivity contribution in [3.05, 3.63) is 129 Å². The van der Waals surface area contributed by atoms with Crippen molar-refractivity contribution >= 4 is 11.4 Å². The minimum absolute atomic E-state index is 0.424. The van der Waals surface area contributed by atoms with Crippen LogP contribution in [0.15, 0.2) is 84.9 Å². The minimum Gasteiger partial charge on any atom is -0.399 e. The molecule has 0 saturated heterocycles. The Labute approximate surface area is 242 Å². The molecule has 4 aromatic rings. The summed E-state index contributed by atoms with van der Waals surface area (Å²) >= 11 is 0. The zero-order chi connectivity index (χ0) is 28.5. The third kappa shape index (κ3) is 7.56. The summed E-state index contributed by atoms with van der Waals surface area (Å²) in [6, 6.07) is 31.5. The van der Waals surface area contributed by atoms with Crippen LogP contribution in [0.3, 0.4) is 0 Å². The van der Waals surface area contributed by atoms with Crippen molar-refractivity contribution in [1.29, 1.82) is 0 Å². The maximum Gasteiger partial charge on any atom is 0.0316 e. The van der Waals surface area contributed by atoms with E-state index in [-0.39, 0.29) is 0 Å². The Hall–Kier alpha value is -3.52. The lowest BCUT2D eigenvalue weighted by atomic mass is 9.84. The van der Waals surface area contributed by atoms with E-state index in [0.29, 0.717) is 11.8 Å². The number of anilines is 2. The SMILES string of the molecule is CCCCC(c1ccc(CCc2ccc(C(CCCC)c3ccc(N)cc3C)cc2)cc1)c1ccc(N)cc1C. The molecule has 0 bridgehead atoms. The summed E-state index contributed by atoms with van der Waals surface area (Å²) < 4.78 is 0. The molecule has 0 fully saturated rings. The van der Waals surface area contributed by atoms with Crippen molar-refractivity contribution in [2.45, 2.75) is 90.9 Å². The summed E-state index contributed by atoms with van der Waals surface area (Å²) in [7, 11) is 0. The van der Waals surface area contributed by atoms with Gasteiger partial charge in [0.15, 0.2) is 0 Å².